The van der Waals surface area contributed by atoms with E-state index in [4.69, 9.17) is 4.74 Å². The van der Waals surface area contributed by atoms with Gasteiger partial charge in [-0.1, -0.05) is 6.07 Å². The van der Waals surface area contributed by atoms with E-state index in [0.29, 0.717) is 18.6 Å². The van der Waals surface area contributed by atoms with Gasteiger partial charge in [-0.05, 0) is 30.5 Å². The van der Waals surface area contributed by atoms with Crippen LogP contribution in [0.4, 0.5) is 0 Å². The van der Waals surface area contributed by atoms with Crippen LogP contribution in [0.25, 0.3) is 0 Å². The molecule has 0 amide bonds. The van der Waals surface area contributed by atoms with Gasteiger partial charge in [0.1, 0.15) is 6.29 Å². The number of benzene rings is 1. The first-order chi connectivity index (χ1) is 6.69. The number of methoxy groups -OCH3 is 1. The Morgan fingerprint density at radius 2 is 2.21 bits per heavy atom. The van der Waals surface area contributed by atoms with E-state index in [1.165, 1.54) is 7.11 Å². The molecular weight excluding hydrogens is 180 g/mol. The maximum Gasteiger partial charge on any atom is 0.161 e. The molecule has 0 radical (unpaired) electrons. The first-order valence-corrected chi connectivity index (χ1v) is 4.49. The van der Waals surface area contributed by atoms with E-state index in [2.05, 4.69) is 0 Å². The van der Waals surface area contributed by atoms with Crippen LogP contribution in [0.15, 0.2) is 12.1 Å². The summed E-state index contributed by atoms with van der Waals surface area (Å²) in [6.07, 6.45) is 2.06. The molecule has 76 valence electrons. The zero-order valence-electron chi connectivity index (χ0n) is 8.41. The smallest absolute Gasteiger partial charge is 0.161 e. The van der Waals surface area contributed by atoms with Gasteiger partial charge < -0.3 is 14.6 Å². The van der Waals surface area contributed by atoms with Gasteiger partial charge in [0, 0.05) is 6.42 Å². The third-order valence-corrected chi connectivity index (χ3v) is 2.10. The number of aryl methyl sites for hydroxylation is 2. The Hall–Kier alpha value is -1.51. The normalized spacial score (nSPS) is 9.86. The highest BCUT2D eigenvalue weighted by atomic mass is 16.5. The van der Waals surface area contributed by atoms with Crippen LogP contribution in [0.3, 0.4) is 0 Å². The summed E-state index contributed by atoms with van der Waals surface area (Å²) in [6, 6.07) is 3.62. The highest BCUT2D eigenvalue weighted by molar-refractivity contribution is 5.52. The summed E-state index contributed by atoms with van der Waals surface area (Å²) in [5.74, 6) is 0.633. The van der Waals surface area contributed by atoms with Crippen molar-refractivity contribution >= 4 is 6.29 Å². The van der Waals surface area contributed by atoms with Crippen LogP contribution >= 0.6 is 0 Å². The van der Waals surface area contributed by atoms with E-state index >= 15 is 0 Å². The zero-order valence-corrected chi connectivity index (χ0v) is 8.41. The fourth-order valence-electron chi connectivity index (χ4n) is 1.34. The second-order valence-corrected chi connectivity index (χ2v) is 3.17. The fourth-order valence-corrected chi connectivity index (χ4v) is 1.34. The molecule has 0 saturated heterocycles. The van der Waals surface area contributed by atoms with E-state index < -0.39 is 0 Å². The second kappa shape index (κ2) is 4.65. The molecule has 0 heterocycles. The van der Waals surface area contributed by atoms with Crippen molar-refractivity contribution in [1.82, 2.24) is 0 Å². The summed E-state index contributed by atoms with van der Waals surface area (Å²) in [6.45, 7) is 1.81. The Kier molecular flexibility index (Phi) is 3.51. The number of hydrogen-bond acceptors (Lipinski definition) is 3. The Morgan fingerprint density at radius 1 is 1.50 bits per heavy atom. The van der Waals surface area contributed by atoms with Gasteiger partial charge >= 0.3 is 0 Å². The predicted molar refractivity (Wildman–Crippen MR) is 53.8 cm³/mol. The largest absolute Gasteiger partial charge is 0.504 e. The maximum absolute atomic E-state index is 10.2. The highest BCUT2D eigenvalue weighted by Gasteiger charge is 2.06. The number of carbonyl (C=O) groups is 1. The third-order valence-electron chi connectivity index (χ3n) is 2.10. The van der Waals surface area contributed by atoms with E-state index in [-0.39, 0.29) is 5.75 Å². The van der Waals surface area contributed by atoms with Gasteiger partial charge in [0.2, 0.25) is 0 Å². The molecule has 0 spiro atoms. The number of aromatic hydroxyl groups is 1. The first-order valence-electron chi connectivity index (χ1n) is 4.49. The molecule has 0 aliphatic heterocycles. The first kappa shape index (κ1) is 10.6. The molecule has 0 aliphatic carbocycles. The van der Waals surface area contributed by atoms with Gasteiger partial charge in [-0.15, -0.1) is 0 Å². The molecule has 0 fully saturated rings. The van der Waals surface area contributed by atoms with E-state index in [1.807, 2.05) is 13.0 Å². The minimum atomic E-state index is 0.169. The maximum atomic E-state index is 10.2. The molecule has 3 heteroatoms. The Balaban J connectivity index is 2.97. The Labute approximate surface area is 83.3 Å². The summed E-state index contributed by atoms with van der Waals surface area (Å²) in [5.41, 5.74) is 1.77. The number of carbonyl (C=O) groups excluding carboxylic acids is 1. The van der Waals surface area contributed by atoms with E-state index in [1.54, 1.807) is 6.07 Å². The van der Waals surface area contributed by atoms with Crippen molar-refractivity contribution < 1.29 is 14.6 Å². The number of aldehydes is 1. The molecule has 1 aromatic carbocycles. The summed E-state index contributed by atoms with van der Waals surface area (Å²) < 4.78 is 5.01. The van der Waals surface area contributed by atoms with Gasteiger partial charge in [-0.3, -0.25) is 0 Å². The lowest BCUT2D eigenvalue weighted by molar-refractivity contribution is -0.107. The minimum absolute atomic E-state index is 0.169. The van der Waals surface area contributed by atoms with Crippen molar-refractivity contribution in [2.45, 2.75) is 19.8 Å². The van der Waals surface area contributed by atoms with Crippen LogP contribution in [-0.4, -0.2) is 18.5 Å². The summed E-state index contributed by atoms with van der Waals surface area (Å²) in [7, 11) is 1.51. The van der Waals surface area contributed by atoms with Crippen LogP contribution in [0.5, 0.6) is 11.5 Å². The van der Waals surface area contributed by atoms with Crippen molar-refractivity contribution in [2.75, 3.05) is 7.11 Å². The monoisotopic (exact) mass is 194 g/mol. The zero-order chi connectivity index (χ0) is 10.6. The molecule has 1 aromatic rings. The number of hydrogen-bond donors (Lipinski definition) is 1. The minimum Gasteiger partial charge on any atom is -0.504 e. The van der Waals surface area contributed by atoms with Crippen LogP contribution in [0, 0.1) is 6.92 Å². The lowest BCUT2D eigenvalue weighted by atomic mass is 10.1. The molecule has 0 unspecified atom stereocenters. The number of phenols is 1. The van der Waals surface area contributed by atoms with Gasteiger partial charge in [0.25, 0.3) is 0 Å². The van der Waals surface area contributed by atoms with Crippen LogP contribution < -0.4 is 4.74 Å². The number of ether oxygens (including phenoxy) is 1. The van der Waals surface area contributed by atoms with Gasteiger partial charge in [-0.25, -0.2) is 0 Å². The Bertz CT molecular complexity index is 332. The summed E-state index contributed by atoms with van der Waals surface area (Å²) in [4.78, 5) is 10.2. The second-order valence-electron chi connectivity index (χ2n) is 3.17. The molecule has 0 aromatic heterocycles. The van der Waals surface area contributed by atoms with E-state index in [9.17, 15) is 9.90 Å². The van der Waals surface area contributed by atoms with Crippen LogP contribution in [-0.2, 0) is 11.2 Å². The van der Waals surface area contributed by atoms with Crippen molar-refractivity contribution in [3.05, 3.63) is 23.3 Å². The van der Waals surface area contributed by atoms with Crippen molar-refractivity contribution in [2.24, 2.45) is 0 Å². The average molecular weight is 194 g/mol. The lowest BCUT2D eigenvalue weighted by Crippen LogP contribution is -1.92. The van der Waals surface area contributed by atoms with Crippen molar-refractivity contribution in [3.8, 4) is 11.5 Å². The average Bonchev–Trinajstić information content (AvgIpc) is 2.19. The highest BCUT2D eigenvalue weighted by Crippen LogP contribution is 2.30. The molecule has 14 heavy (non-hydrogen) atoms. The summed E-state index contributed by atoms with van der Waals surface area (Å²) in [5, 5.41) is 9.55. The number of phenolic OH excluding ortho intramolecular Hbond substituents is 1. The molecule has 0 atom stereocenters. The fraction of sp³-hybridized carbons (Fsp3) is 0.364. The SMILES string of the molecule is COc1cc(CCC=O)cc(C)c1O. The molecule has 0 saturated carbocycles. The molecule has 0 aliphatic rings. The lowest BCUT2D eigenvalue weighted by Gasteiger charge is -2.08. The molecule has 0 bridgehead atoms. The van der Waals surface area contributed by atoms with Crippen LogP contribution in [0.1, 0.15) is 17.5 Å². The molecule has 1 rings (SSSR count). The van der Waals surface area contributed by atoms with Gasteiger partial charge in [0.05, 0.1) is 7.11 Å². The van der Waals surface area contributed by atoms with Crippen molar-refractivity contribution in [1.29, 1.82) is 0 Å². The molecule has 1 N–H and O–H groups in total. The quantitative estimate of drug-likeness (QED) is 0.744. The molecule has 3 nitrogen and oxygen atoms in total. The standard InChI is InChI=1S/C11H14O3/c1-8-6-9(4-3-5-12)7-10(14-2)11(8)13/h5-7,13H,3-4H2,1-2H3. The van der Waals surface area contributed by atoms with Gasteiger partial charge in [0.15, 0.2) is 11.5 Å². The molecular formula is C11H14O3. The predicted octanol–water partition coefficient (Wildman–Crippen LogP) is 1.84. The Morgan fingerprint density at radius 3 is 2.79 bits per heavy atom. The third kappa shape index (κ3) is 2.25. The van der Waals surface area contributed by atoms with Crippen molar-refractivity contribution in [3.63, 3.8) is 0 Å². The van der Waals surface area contributed by atoms with Gasteiger partial charge in [-0.2, -0.15) is 0 Å². The van der Waals surface area contributed by atoms with Crippen LogP contribution in [0.2, 0.25) is 0 Å². The van der Waals surface area contributed by atoms with E-state index in [0.717, 1.165) is 17.4 Å². The topological polar surface area (TPSA) is 46.5 Å². The number of rotatable bonds is 4. The summed E-state index contributed by atoms with van der Waals surface area (Å²) >= 11 is 0.